The SMILES string of the molecule is CCC(C)(C)c1ccc(C(Cl)c2cc(C)ccc2F)cc1. The summed E-state index contributed by atoms with van der Waals surface area (Å²) in [5.74, 6) is -0.251. The first kappa shape index (κ1) is 16.0. The van der Waals surface area contributed by atoms with Gasteiger partial charge >= 0.3 is 0 Å². The number of alkyl halides is 1. The van der Waals surface area contributed by atoms with Gasteiger partial charge in [0, 0.05) is 5.56 Å². The van der Waals surface area contributed by atoms with Gasteiger partial charge in [-0.1, -0.05) is 62.7 Å². The Balaban J connectivity index is 2.32. The summed E-state index contributed by atoms with van der Waals surface area (Å²) in [5.41, 5.74) is 3.91. The number of hydrogen-bond acceptors (Lipinski definition) is 0. The molecule has 0 nitrogen and oxygen atoms in total. The molecule has 112 valence electrons. The zero-order chi connectivity index (χ0) is 15.6. The van der Waals surface area contributed by atoms with Crippen molar-refractivity contribution in [1.82, 2.24) is 0 Å². The van der Waals surface area contributed by atoms with Gasteiger partial charge in [0.1, 0.15) is 5.82 Å². The molecule has 0 aliphatic carbocycles. The standard InChI is InChI=1S/C19H22ClF/c1-5-19(3,4)15-9-7-14(8-10-15)18(20)16-12-13(2)6-11-17(16)21/h6-12,18H,5H2,1-4H3. The Hall–Kier alpha value is -1.34. The van der Waals surface area contributed by atoms with Crippen LogP contribution in [0.15, 0.2) is 42.5 Å². The molecule has 0 N–H and O–H groups in total. The second-order valence-corrected chi connectivity index (χ2v) is 6.68. The molecule has 0 aliphatic rings. The molecule has 0 saturated heterocycles. The van der Waals surface area contributed by atoms with Gasteiger partial charge in [0.25, 0.3) is 0 Å². The third-order valence-electron chi connectivity index (χ3n) is 4.29. The fourth-order valence-corrected chi connectivity index (χ4v) is 2.66. The van der Waals surface area contributed by atoms with Crippen LogP contribution in [0.3, 0.4) is 0 Å². The van der Waals surface area contributed by atoms with Crippen molar-refractivity contribution in [3.63, 3.8) is 0 Å². The molecule has 0 aliphatic heterocycles. The maximum atomic E-state index is 13.9. The minimum absolute atomic E-state index is 0.148. The largest absolute Gasteiger partial charge is 0.207 e. The van der Waals surface area contributed by atoms with Gasteiger partial charge in [0.2, 0.25) is 0 Å². The number of benzene rings is 2. The Morgan fingerprint density at radius 2 is 1.71 bits per heavy atom. The highest BCUT2D eigenvalue weighted by Gasteiger charge is 2.20. The van der Waals surface area contributed by atoms with Crippen molar-refractivity contribution in [2.45, 2.75) is 44.9 Å². The van der Waals surface area contributed by atoms with E-state index < -0.39 is 5.38 Å². The molecule has 0 spiro atoms. The molecule has 0 radical (unpaired) electrons. The summed E-state index contributed by atoms with van der Waals surface area (Å²) in [5, 5.41) is -0.455. The van der Waals surface area contributed by atoms with Gasteiger partial charge < -0.3 is 0 Å². The predicted molar refractivity (Wildman–Crippen MR) is 88.6 cm³/mol. The topological polar surface area (TPSA) is 0 Å². The van der Waals surface area contributed by atoms with Crippen molar-refractivity contribution in [3.05, 3.63) is 70.5 Å². The average molecular weight is 305 g/mol. The fourth-order valence-electron chi connectivity index (χ4n) is 2.34. The molecular weight excluding hydrogens is 283 g/mol. The summed E-state index contributed by atoms with van der Waals surface area (Å²) in [6.45, 7) is 8.57. The highest BCUT2D eigenvalue weighted by atomic mass is 35.5. The van der Waals surface area contributed by atoms with E-state index in [1.807, 2.05) is 25.1 Å². The molecule has 2 heteroatoms. The minimum Gasteiger partial charge on any atom is -0.207 e. The maximum Gasteiger partial charge on any atom is 0.128 e. The summed E-state index contributed by atoms with van der Waals surface area (Å²) in [6.07, 6.45) is 1.07. The fraction of sp³-hybridized carbons (Fsp3) is 0.368. The molecule has 2 aromatic rings. The molecule has 0 fully saturated rings. The molecule has 0 aromatic heterocycles. The van der Waals surface area contributed by atoms with E-state index in [1.165, 1.54) is 11.6 Å². The second-order valence-electron chi connectivity index (χ2n) is 6.25. The van der Waals surface area contributed by atoms with Crippen LogP contribution in [0.1, 0.15) is 54.8 Å². The van der Waals surface area contributed by atoms with E-state index in [4.69, 9.17) is 11.6 Å². The van der Waals surface area contributed by atoms with E-state index in [1.54, 1.807) is 6.07 Å². The number of halogens is 2. The van der Waals surface area contributed by atoms with E-state index >= 15 is 0 Å². The first-order valence-corrected chi connectivity index (χ1v) is 7.79. The van der Waals surface area contributed by atoms with Gasteiger partial charge in [-0.3, -0.25) is 0 Å². The Morgan fingerprint density at radius 3 is 2.29 bits per heavy atom. The van der Waals surface area contributed by atoms with Crippen LogP contribution in [-0.2, 0) is 5.41 Å². The molecular formula is C19H22ClF. The highest BCUT2D eigenvalue weighted by Crippen LogP contribution is 2.33. The average Bonchev–Trinajstić information content (AvgIpc) is 2.49. The van der Waals surface area contributed by atoms with Crippen LogP contribution in [-0.4, -0.2) is 0 Å². The van der Waals surface area contributed by atoms with Gasteiger partial charge in [0.05, 0.1) is 5.38 Å². The summed E-state index contributed by atoms with van der Waals surface area (Å²) in [6, 6.07) is 13.3. The quantitative estimate of drug-likeness (QED) is 0.594. The lowest BCUT2D eigenvalue weighted by Gasteiger charge is -2.24. The van der Waals surface area contributed by atoms with Crippen LogP contribution in [0.25, 0.3) is 0 Å². The maximum absolute atomic E-state index is 13.9. The lowest BCUT2D eigenvalue weighted by atomic mass is 9.82. The molecule has 0 heterocycles. The smallest absolute Gasteiger partial charge is 0.128 e. The normalized spacial score (nSPS) is 13.2. The molecule has 1 unspecified atom stereocenters. The number of rotatable bonds is 4. The molecule has 0 amide bonds. The minimum atomic E-state index is -0.455. The Kier molecular flexibility index (Phi) is 4.73. The van der Waals surface area contributed by atoms with E-state index in [2.05, 4.69) is 32.9 Å². The van der Waals surface area contributed by atoms with Crippen molar-refractivity contribution in [2.24, 2.45) is 0 Å². The molecule has 0 bridgehead atoms. The lowest BCUT2D eigenvalue weighted by Crippen LogP contribution is -2.15. The lowest BCUT2D eigenvalue weighted by molar-refractivity contribution is 0.506. The van der Waals surface area contributed by atoms with Crippen LogP contribution >= 0.6 is 11.6 Å². The molecule has 2 rings (SSSR count). The molecule has 0 saturated carbocycles. The Bertz CT molecular complexity index is 614. The number of hydrogen-bond donors (Lipinski definition) is 0. The summed E-state index contributed by atoms with van der Waals surface area (Å²) < 4.78 is 13.9. The highest BCUT2D eigenvalue weighted by molar-refractivity contribution is 6.22. The zero-order valence-corrected chi connectivity index (χ0v) is 13.8. The molecule has 2 aromatic carbocycles. The van der Waals surface area contributed by atoms with Crippen LogP contribution in [0, 0.1) is 12.7 Å². The molecule has 21 heavy (non-hydrogen) atoms. The third kappa shape index (κ3) is 3.47. The van der Waals surface area contributed by atoms with Crippen LogP contribution in [0.4, 0.5) is 4.39 Å². The Labute approximate surface area is 132 Å². The van der Waals surface area contributed by atoms with Gasteiger partial charge in [-0.2, -0.15) is 0 Å². The van der Waals surface area contributed by atoms with Crippen LogP contribution in [0.5, 0.6) is 0 Å². The monoisotopic (exact) mass is 304 g/mol. The Morgan fingerprint density at radius 1 is 1.10 bits per heavy atom. The first-order chi connectivity index (χ1) is 9.85. The van der Waals surface area contributed by atoms with Gasteiger partial charge in [-0.15, -0.1) is 11.6 Å². The van der Waals surface area contributed by atoms with Gasteiger partial charge in [0.15, 0.2) is 0 Å². The van der Waals surface area contributed by atoms with Crippen LogP contribution < -0.4 is 0 Å². The van der Waals surface area contributed by atoms with Gasteiger partial charge in [-0.25, -0.2) is 4.39 Å². The van der Waals surface area contributed by atoms with Crippen molar-refractivity contribution in [3.8, 4) is 0 Å². The van der Waals surface area contributed by atoms with Crippen molar-refractivity contribution in [1.29, 1.82) is 0 Å². The van der Waals surface area contributed by atoms with Crippen molar-refractivity contribution >= 4 is 11.6 Å². The van der Waals surface area contributed by atoms with E-state index in [9.17, 15) is 4.39 Å². The van der Waals surface area contributed by atoms with E-state index in [0.29, 0.717) is 5.56 Å². The van der Waals surface area contributed by atoms with Crippen molar-refractivity contribution in [2.75, 3.05) is 0 Å². The zero-order valence-electron chi connectivity index (χ0n) is 13.1. The summed E-state index contributed by atoms with van der Waals surface area (Å²) in [4.78, 5) is 0. The van der Waals surface area contributed by atoms with E-state index in [-0.39, 0.29) is 11.2 Å². The number of aryl methyl sites for hydroxylation is 1. The summed E-state index contributed by atoms with van der Waals surface area (Å²) >= 11 is 6.47. The van der Waals surface area contributed by atoms with E-state index in [0.717, 1.165) is 17.5 Å². The first-order valence-electron chi connectivity index (χ1n) is 7.35. The third-order valence-corrected chi connectivity index (χ3v) is 4.78. The van der Waals surface area contributed by atoms with Gasteiger partial charge in [-0.05, 0) is 36.0 Å². The van der Waals surface area contributed by atoms with Crippen molar-refractivity contribution < 1.29 is 4.39 Å². The molecule has 1 atom stereocenters. The summed E-state index contributed by atoms with van der Waals surface area (Å²) in [7, 11) is 0. The second kappa shape index (κ2) is 6.19. The predicted octanol–water partition coefficient (Wildman–Crippen LogP) is 6.15. The van der Waals surface area contributed by atoms with Crippen LogP contribution in [0.2, 0.25) is 0 Å².